The van der Waals surface area contributed by atoms with Gasteiger partial charge in [-0.1, -0.05) is 11.6 Å². The van der Waals surface area contributed by atoms with Gasteiger partial charge in [-0.05, 0) is 17.7 Å². The maximum Gasteiger partial charge on any atom is 0.320 e. The number of benzene rings is 1. The molecule has 1 aromatic carbocycles. The van der Waals surface area contributed by atoms with Crippen molar-refractivity contribution < 1.29 is 47.1 Å². The second-order valence-corrected chi connectivity index (χ2v) is 8.35. The molecule has 0 aliphatic carbocycles. The first-order chi connectivity index (χ1) is 20.1. The van der Waals surface area contributed by atoms with Gasteiger partial charge in [0.1, 0.15) is 24.8 Å². The van der Waals surface area contributed by atoms with Crippen molar-refractivity contribution in [3.63, 3.8) is 0 Å². The van der Waals surface area contributed by atoms with Crippen LogP contribution in [-0.4, -0.2) is 67.3 Å². The summed E-state index contributed by atoms with van der Waals surface area (Å²) in [4.78, 5) is 58.7. The van der Waals surface area contributed by atoms with Crippen LogP contribution in [0.15, 0.2) is 30.6 Å². The minimum Gasteiger partial charge on any atom is -0.463 e. The monoisotopic (exact) mass is 566 g/mol. The van der Waals surface area contributed by atoms with Crippen LogP contribution in [0.5, 0.6) is 6.01 Å². The van der Waals surface area contributed by atoms with Crippen molar-refractivity contribution in [1.29, 1.82) is 0 Å². The van der Waals surface area contributed by atoms with Gasteiger partial charge in [0.15, 0.2) is 29.2 Å². The Morgan fingerprint density at radius 3 is 2.46 bits per heavy atom. The molecule has 2 aromatic heterocycles. The number of fused-ring (bicyclic) bond motifs is 1. The Morgan fingerprint density at radius 1 is 1.10 bits per heavy atom. The summed E-state index contributed by atoms with van der Waals surface area (Å²) in [5.74, 6) is -2.88. The fourth-order valence-electron chi connectivity index (χ4n) is 3.79. The summed E-state index contributed by atoms with van der Waals surface area (Å²) in [7, 11) is 0. The van der Waals surface area contributed by atoms with Crippen LogP contribution in [0.3, 0.4) is 0 Å². The molecule has 16 heteroatoms. The molecule has 1 fully saturated rings. The third-order valence-electron chi connectivity index (χ3n) is 5.38. The van der Waals surface area contributed by atoms with Crippen molar-refractivity contribution in [3.05, 3.63) is 51.4 Å². The predicted octanol–water partition coefficient (Wildman–Crippen LogP) is 2.29. The largest absolute Gasteiger partial charge is 0.463 e. The number of nitrogens with zero attached hydrogens (tertiary/aromatic N) is 5. The molecule has 3 aromatic rings. The Kier molecular flexibility index (Phi) is 7.04. The quantitative estimate of drug-likeness (QED) is 0.121. The third-order valence-corrected chi connectivity index (χ3v) is 5.64. The predicted molar refractivity (Wildman–Crippen MR) is 129 cm³/mol. The highest BCUT2D eigenvalue weighted by molar-refractivity contribution is 6.33. The van der Waals surface area contributed by atoms with Crippen LogP contribution in [0.1, 0.15) is 36.6 Å². The molecule has 0 saturated carbocycles. The maximum absolute atomic E-state index is 12.2. The molecule has 1 saturated heterocycles. The van der Waals surface area contributed by atoms with Crippen molar-refractivity contribution in [2.75, 3.05) is 6.61 Å². The molecule has 4 atom stereocenters. The second kappa shape index (κ2) is 11.6. The SMILES string of the molecule is [2H]CC(=O)OC[C@H]1OC(n2cnc3c(Cl)nc(OCc4ccc([N+](=O)[O-])cc4)nc32)[C@H](OC(=O)C[2H])[C@@H]1OC(=O)C[2H]. The molecule has 1 unspecified atom stereocenters. The van der Waals surface area contributed by atoms with E-state index < -0.39 is 74.7 Å². The number of aromatic nitrogens is 4. The van der Waals surface area contributed by atoms with E-state index in [0.29, 0.717) is 5.56 Å². The summed E-state index contributed by atoms with van der Waals surface area (Å²) in [5, 5.41) is 10.8. The molecule has 4 rings (SSSR count). The number of non-ortho nitro benzene ring substituents is 1. The van der Waals surface area contributed by atoms with Gasteiger partial charge in [0, 0.05) is 36.9 Å². The van der Waals surface area contributed by atoms with Crippen LogP contribution >= 0.6 is 11.6 Å². The molecule has 1 aliphatic rings. The Bertz CT molecular complexity index is 1480. The minimum absolute atomic E-state index is 0.0417. The van der Waals surface area contributed by atoms with E-state index in [4.69, 9.17) is 39.4 Å². The van der Waals surface area contributed by atoms with Crippen molar-refractivity contribution >= 4 is 46.4 Å². The Labute approximate surface area is 229 Å². The summed E-state index contributed by atoms with van der Waals surface area (Å²) in [6.07, 6.45) is -4.07. The average molecular weight is 567 g/mol. The molecule has 15 nitrogen and oxygen atoms in total. The van der Waals surface area contributed by atoms with Gasteiger partial charge in [0.2, 0.25) is 0 Å². The van der Waals surface area contributed by atoms with E-state index in [1.807, 2.05) is 0 Å². The van der Waals surface area contributed by atoms with Gasteiger partial charge in [-0.2, -0.15) is 9.97 Å². The van der Waals surface area contributed by atoms with E-state index in [1.165, 1.54) is 35.2 Å². The highest BCUT2D eigenvalue weighted by Gasteiger charge is 2.51. The number of nitro benzene ring substituents is 1. The number of imidazole rings is 1. The Hall–Kier alpha value is -4.37. The first kappa shape index (κ1) is 23.7. The fraction of sp³-hybridized carbons (Fsp3) is 0.391. The van der Waals surface area contributed by atoms with Crippen LogP contribution in [0, 0.1) is 10.1 Å². The number of ether oxygens (including phenoxy) is 5. The lowest BCUT2D eigenvalue weighted by Gasteiger charge is -2.23. The van der Waals surface area contributed by atoms with Crippen molar-refractivity contribution in [1.82, 2.24) is 19.5 Å². The standard InChI is InChI=1S/C23H22ClN5O10/c1-11(30)35-9-16-18(37-12(2)31)19(38-13(3)32)22(39-16)28-10-25-17-20(24)26-23(27-21(17)28)36-8-14-4-6-15(7-5-14)29(33)34/h4-7,10,16,18-19,22H,8-9H2,1-3H3/t16-,18-,19-,22?/m1/s1/i1D,2D,3D. The number of carbonyl (C=O) groups excluding carboxylic acids is 3. The minimum atomic E-state index is -1.41. The fourth-order valence-corrected chi connectivity index (χ4v) is 3.99. The lowest BCUT2D eigenvalue weighted by atomic mass is 10.1. The smallest absolute Gasteiger partial charge is 0.320 e. The average Bonchev–Trinajstić information content (AvgIpc) is 3.56. The Morgan fingerprint density at radius 2 is 1.79 bits per heavy atom. The topological polar surface area (TPSA) is 184 Å². The van der Waals surface area contributed by atoms with Crippen molar-refractivity contribution in [2.45, 2.75) is 51.8 Å². The first-order valence-corrected chi connectivity index (χ1v) is 11.4. The molecule has 0 radical (unpaired) electrons. The highest BCUT2D eigenvalue weighted by Crippen LogP contribution is 2.37. The van der Waals surface area contributed by atoms with E-state index in [1.54, 1.807) is 0 Å². The molecular formula is C23H22ClN5O10. The summed E-state index contributed by atoms with van der Waals surface area (Å²) in [6.45, 7) is -2.81. The third kappa shape index (κ3) is 6.38. The summed E-state index contributed by atoms with van der Waals surface area (Å²) < 4.78 is 50.4. The van der Waals surface area contributed by atoms with Gasteiger partial charge in [0.05, 0.1) is 11.3 Å². The molecule has 0 amide bonds. The van der Waals surface area contributed by atoms with Crippen LogP contribution in [0.4, 0.5) is 5.69 Å². The van der Waals surface area contributed by atoms with E-state index in [-0.39, 0.29) is 34.6 Å². The summed E-state index contributed by atoms with van der Waals surface area (Å²) in [6, 6.07) is 5.39. The molecule has 1 aliphatic heterocycles. The highest BCUT2D eigenvalue weighted by atomic mass is 35.5. The van der Waals surface area contributed by atoms with E-state index in [9.17, 15) is 24.5 Å². The van der Waals surface area contributed by atoms with Crippen molar-refractivity contribution in [3.8, 4) is 6.01 Å². The van der Waals surface area contributed by atoms with Gasteiger partial charge in [-0.15, -0.1) is 0 Å². The van der Waals surface area contributed by atoms with E-state index in [2.05, 4.69) is 15.0 Å². The molecule has 206 valence electrons. The lowest BCUT2D eigenvalue weighted by Crippen LogP contribution is -2.40. The Balaban J connectivity index is 1.66. The second-order valence-electron chi connectivity index (χ2n) is 7.99. The van der Waals surface area contributed by atoms with E-state index >= 15 is 0 Å². The van der Waals surface area contributed by atoms with Gasteiger partial charge >= 0.3 is 23.9 Å². The number of hydrogen-bond acceptors (Lipinski definition) is 13. The number of esters is 3. The van der Waals surface area contributed by atoms with Gasteiger partial charge < -0.3 is 23.7 Å². The number of hydrogen-bond donors (Lipinski definition) is 0. The maximum atomic E-state index is 12.2. The molecule has 0 N–H and O–H groups in total. The zero-order chi connectivity index (χ0) is 30.4. The zero-order valence-corrected chi connectivity index (χ0v) is 20.7. The molecule has 0 bridgehead atoms. The number of carbonyl (C=O) groups is 3. The van der Waals surface area contributed by atoms with Gasteiger partial charge in [-0.3, -0.25) is 29.1 Å². The van der Waals surface area contributed by atoms with Crippen LogP contribution in [0.2, 0.25) is 5.15 Å². The number of nitro groups is 1. The summed E-state index contributed by atoms with van der Waals surface area (Å²) in [5.41, 5.74) is 0.608. The number of rotatable bonds is 9. The van der Waals surface area contributed by atoms with Gasteiger partial charge in [-0.25, -0.2) is 4.98 Å². The molecule has 0 spiro atoms. The van der Waals surface area contributed by atoms with Crippen LogP contribution < -0.4 is 4.74 Å². The molecule has 39 heavy (non-hydrogen) atoms. The van der Waals surface area contributed by atoms with E-state index in [0.717, 1.165) is 0 Å². The number of halogens is 1. The lowest BCUT2D eigenvalue weighted by molar-refractivity contribution is -0.384. The first-order valence-electron chi connectivity index (χ1n) is 13.1. The normalized spacial score (nSPS) is 21.4. The molecular weight excluding hydrogens is 542 g/mol. The van der Waals surface area contributed by atoms with Gasteiger partial charge in [0.25, 0.3) is 5.69 Å². The van der Waals surface area contributed by atoms with Crippen molar-refractivity contribution in [2.24, 2.45) is 0 Å². The zero-order valence-electron chi connectivity index (χ0n) is 22.9. The van der Waals surface area contributed by atoms with Crippen LogP contribution in [0.25, 0.3) is 11.2 Å². The molecule has 3 heterocycles. The van der Waals surface area contributed by atoms with Crippen LogP contribution in [-0.2, 0) is 39.9 Å². The summed E-state index contributed by atoms with van der Waals surface area (Å²) >= 11 is 6.31.